The summed E-state index contributed by atoms with van der Waals surface area (Å²) in [5.41, 5.74) is 0.851. The molecule has 1 fully saturated rings. The molecule has 0 atom stereocenters. The summed E-state index contributed by atoms with van der Waals surface area (Å²) in [5.74, 6) is 0.881. The lowest BCUT2D eigenvalue weighted by Crippen LogP contribution is -2.56. The van der Waals surface area contributed by atoms with Crippen LogP contribution in [-0.4, -0.2) is 43.5 Å². The zero-order valence-electron chi connectivity index (χ0n) is 14.9. The molecular formula is C20H20N2O4S. The van der Waals surface area contributed by atoms with Gasteiger partial charge < -0.3 is 9.47 Å². The summed E-state index contributed by atoms with van der Waals surface area (Å²) < 4.78 is 38.4. The number of fused-ring (bicyclic) bond motifs is 1. The first-order valence-corrected chi connectivity index (χ1v) is 10.3. The molecule has 0 amide bonds. The number of para-hydroxylation sites is 2. The molecule has 0 radical (unpaired) electrons. The predicted molar refractivity (Wildman–Crippen MR) is 103 cm³/mol. The maximum Gasteiger partial charge on any atom is 0.247 e. The third kappa shape index (κ3) is 3.48. The SMILES string of the molecule is CCOc1ccccc1S(=O)(=O)N1CC(Oc2ccc3ccccc3n2)C1. The second-order valence-electron chi connectivity index (χ2n) is 6.28. The second kappa shape index (κ2) is 7.17. The van der Waals surface area contributed by atoms with Gasteiger partial charge in [-0.25, -0.2) is 13.4 Å². The van der Waals surface area contributed by atoms with E-state index >= 15 is 0 Å². The van der Waals surface area contributed by atoms with Gasteiger partial charge in [-0.1, -0.05) is 30.3 Å². The molecule has 1 aliphatic heterocycles. The minimum Gasteiger partial charge on any atom is -0.492 e. The van der Waals surface area contributed by atoms with E-state index < -0.39 is 10.0 Å². The Morgan fingerprint density at radius 3 is 2.59 bits per heavy atom. The van der Waals surface area contributed by atoms with Gasteiger partial charge >= 0.3 is 0 Å². The maximum absolute atomic E-state index is 12.9. The Morgan fingerprint density at radius 2 is 1.78 bits per heavy atom. The first-order chi connectivity index (χ1) is 13.1. The van der Waals surface area contributed by atoms with Crippen molar-refractivity contribution >= 4 is 20.9 Å². The van der Waals surface area contributed by atoms with Gasteiger partial charge in [-0.05, 0) is 31.2 Å². The molecule has 3 aromatic rings. The van der Waals surface area contributed by atoms with Gasteiger partial charge in [-0.3, -0.25) is 0 Å². The van der Waals surface area contributed by atoms with E-state index in [1.165, 1.54) is 4.31 Å². The van der Waals surface area contributed by atoms with Crippen molar-refractivity contribution in [3.05, 3.63) is 60.7 Å². The molecule has 2 aromatic carbocycles. The number of ether oxygens (including phenoxy) is 2. The Bertz CT molecular complexity index is 1060. The van der Waals surface area contributed by atoms with E-state index in [4.69, 9.17) is 9.47 Å². The van der Waals surface area contributed by atoms with Crippen LogP contribution in [-0.2, 0) is 10.0 Å². The first kappa shape index (κ1) is 17.8. The number of hydrogen-bond acceptors (Lipinski definition) is 5. The average Bonchev–Trinajstić information content (AvgIpc) is 2.64. The molecule has 27 heavy (non-hydrogen) atoms. The molecule has 1 aromatic heterocycles. The summed E-state index contributed by atoms with van der Waals surface area (Å²) in [7, 11) is -3.61. The van der Waals surface area contributed by atoms with E-state index in [9.17, 15) is 8.42 Å². The number of rotatable bonds is 6. The Kier molecular flexibility index (Phi) is 4.72. The average molecular weight is 384 g/mol. The van der Waals surface area contributed by atoms with Gasteiger partial charge in [0.25, 0.3) is 0 Å². The van der Waals surface area contributed by atoms with E-state index in [0.717, 1.165) is 10.9 Å². The van der Waals surface area contributed by atoms with Crippen molar-refractivity contribution in [1.82, 2.24) is 9.29 Å². The zero-order valence-corrected chi connectivity index (χ0v) is 15.7. The second-order valence-corrected chi connectivity index (χ2v) is 8.19. The molecule has 0 unspecified atom stereocenters. The van der Waals surface area contributed by atoms with Crippen molar-refractivity contribution in [2.75, 3.05) is 19.7 Å². The van der Waals surface area contributed by atoms with Crippen LogP contribution in [0.15, 0.2) is 65.6 Å². The predicted octanol–water partition coefficient (Wildman–Crippen LogP) is 3.09. The van der Waals surface area contributed by atoms with Crippen LogP contribution in [0.4, 0.5) is 0 Å². The molecule has 7 heteroatoms. The van der Waals surface area contributed by atoms with Crippen molar-refractivity contribution in [2.24, 2.45) is 0 Å². The molecule has 0 aliphatic carbocycles. The summed E-state index contributed by atoms with van der Waals surface area (Å²) in [6.07, 6.45) is -0.215. The monoisotopic (exact) mass is 384 g/mol. The number of aromatic nitrogens is 1. The lowest BCUT2D eigenvalue weighted by atomic mass is 10.2. The Balaban J connectivity index is 1.45. The molecule has 6 nitrogen and oxygen atoms in total. The van der Waals surface area contributed by atoms with Gasteiger partial charge in [0.15, 0.2) is 0 Å². The van der Waals surface area contributed by atoms with Crippen molar-refractivity contribution in [3.8, 4) is 11.6 Å². The minimum atomic E-state index is -3.61. The van der Waals surface area contributed by atoms with E-state index in [1.807, 2.05) is 43.3 Å². The molecule has 0 saturated carbocycles. The van der Waals surface area contributed by atoms with Crippen molar-refractivity contribution in [3.63, 3.8) is 0 Å². The Labute approximate surface area is 158 Å². The molecule has 0 N–H and O–H groups in total. The topological polar surface area (TPSA) is 68.7 Å². The maximum atomic E-state index is 12.9. The highest BCUT2D eigenvalue weighted by atomic mass is 32.2. The van der Waals surface area contributed by atoms with Gasteiger partial charge in [0.2, 0.25) is 15.9 Å². The van der Waals surface area contributed by atoms with Crippen LogP contribution in [0.25, 0.3) is 10.9 Å². The van der Waals surface area contributed by atoms with Crippen molar-refractivity contribution in [1.29, 1.82) is 0 Å². The highest BCUT2D eigenvalue weighted by Crippen LogP contribution is 2.30. The fourth-order valence-electron chi connectivity index (χ4n) is 3.03. The van der Waals surface area contributed by atoms with E-state index in [1.54, 1.807) is 24.3 Å². The van der Waals surface area contributed by atoms with Crippen LogP contribution in [0.5, 0.6) is 11.6 Å². The molecule has 0 spiro atoms. The molecule has 140 valence electrons. The molecule has 2 heterocycles. The number of pyridine rings is 1. The van der Waals surface area contributed by atoms with E-state index in [-0.39, 0.29) is 24.1 Å². The molecule has 4 rings (SSSR count). The number of sulfonamides is 1. The lowest BCUT2D eigenvalue weighted by Gasteiger charge is -2.37. The van der Waals surface area contributed by atoms with Gasteiger partial charge in [0.05, 0.1) is 25.2 Å². The molecule has 1 saturated heterocycles. The summed E-state index contributed by atoms with van der Waals surface area (Å²) in [6, 6.07) is 18.2. The standard InChI is InChI=1S/C20H20N2O4S/c1-2-25-18-9-5-6-10-19(18)27(23,24)22-13-16(14-22)26-20-12-11-15-7-3-4-8-17(15)21-20/h3-12,16H,2,13-14H2,1H3. The van der Waals surface area contributed by atoms with Gasteiger partial charge in [-0.2, -0.15) is 4.31 Å². The van der Waals surface area contributed by atoms with E-state index in [2.05, 4.69) is 4.98 Å². The van der Waals surface area contributed by atoms with Gasteiger partial charge in [0, 0.05) is 11.5 Å². The normalized spacial score (nSPS) is 15.4. The third-order valence-electron chi connectivity index (χ3n) is 4.44. The van der Waals surface area contributed by atoms with Gasteiger partial charge in [-0.15, -0.1) is 0 Å². The summed E-state index contributed by atoms with van der Waals surface area (Å²) in [5, 5.41) is 1.04. The first-order valence-electron chi connectivity index (χ1n) is 8.82. The van der Waals surface area contributed by atoms with E-state index in [0.29, 0.717) is 18.2 Å². The molecule has 0 bridgehead atoms. The summed E-state index contributed by atoms with van der Waals surface area (Å²) in [6.45, 7) is 2.81. The fraction of sp³-hybridized carbons (Fsp3) is 0.250. The third-order valence-corrected chi connectivity index (χ3v) is 6.31. The summed E-state index contributed by atoms with van der Waals surface area (Å²) >= 11 is 0. The molecular weight excluding hydrogens is 364 g/mol. The van der Waals surface area contributed by atoms with Crippen molar-refractivity contribution < 1.29 is 17.9 Å². The highest BCUT2D eigenvalue weighted by molar-refractivity contribution is 7.89. The fourth-order valence-corrected chi connectivity index (χ4v) is 4.67. The van der Waals surface area contributed by atoms with Crippen LogP contribution in [0.2, 0.25) is 0 Å². The van der Waals surface area contributed by atoms with Crippen LogP contribution in [0.1, 0.15) is 6.92 Å². The molecule has 1 aliphatic rings. The van der Waals surface area contributed by atoms with Crippen molar-refractivity contribution in [2.45, 2.75) is 17.9 Å². The van der Waals surface area contributed by atoms with Gasteiger partial charge in [0.1, 0.15) is 16.7 Å². The summed E-state index contributed by atoms with van der Waals surface area (Å²) in [4.78, 5) is 4.66. The van der Waals surface area contributed by atoms with Crippen LogP contribution >= 0.6 is 0 Å². The Morgan fingerprint density at radius 1 is 1.04 bits per heavy atom. The van der Waals surface area contributed by atoms with Crippen LogP contribution < -0.4 is 9.47 Å². The smallest absolute Gasteiger partial charge is 0.247 e. The highest BCUT2D eigenvalue weighted by Gasteiger charge is 2.39. The quantitative estimate of drug-likeness (QED) is 0.653. The number of benzene rings is 2. The minimum absolute atomic E-state index is 0.189. The van der Waals surface area contributed by atoms with Crippen LogP contribution in [0.3, 0.4) is 0 Å². The zero-order chi connectivity index (χ0) is 18.9. The Hall–Kier alpha value is -2.64. The lowest BCUT2D eigenvalue weighted by molar-refractivity contribution is 0.0722. The van der Waals surface area contributed by atoms with Crippen LogP contribution in [0, 0.1) is 0 Å². The number of nitrogens with zero attached hydrogens (tertiary/aromatic N) is 2. The largest absolute Gasteiger partial charge is 0.492 e. The number of hydrogen-bond donors (Lipinski definition) is 0.